The summed E-state index contributed by atoms with van der Waals surface area (Å²) in [5.74, 6) is 0.392. The fourth-order valence-corrected chi connectivity index (χ4v) is 4.03. The fraction of sp³-hybridized carbons (Fsp3) is 0.625. The number of hydrogen-bond donors (Lipinski definition) is 1. The Morgan fingerprint density at radius 3 is 2.14 bits per heavy atom. The highest BCUT2D eigenvalue weighted by Crippen LogP contribution is 2.25. The molecule has 1 aromatic rings. The van der Waals surface area contributed by atoms with Crippen LogP contribution in [0.4, 0.5) is 5.69 Å². The molecule has 4 nitrogen and oxygen atoms in total. The maximum absolute atomic E-state index is 12.8. The van der Waals surface area contributed by atoms with Gasteiger partial charge in [-0.1, -0.05) is 33.6 Å². The van der Waals surface area contributed by atoms with Gasteiger partial charge in [0.25, 0.3) is 0 Å². The third-order valence-electron chi connectivity index (χ3n) is 4.29. The molecule has 120 valence electrons. The quantitative estimate of drug-likeness (QED) is 0.785. The second kappa shape index (κ2) is 7.27. The summed E-state index contributed by atoms with van der Waals surface area (Å²) in [5.41, 5.74) is 8.32. The van der Waals surface area contributed by atoms with Crippen LogP contribution in [-0.2, 0) is 10.0 Å². The Bertz CT molecular complexity index is 555. The van der Waals surface area contributed by atoms with Crippen LogP contribution < -0.4 is 5.73 Å². The van der Waals surface area contributed by atoms with E-state index in [2.05, 4.69) is 13.8 Å². The molecule has 0 aliphatic heterocycles. The summed E-state index contributed by atoms with van der Waals surface area (Å²) in [5, 5.41) is 0. The van der Waals surface area contributed by atoms with E-state index < -0.39 is 10.0 Å². The molecule has 0 atom stereocenters. The lowest BCUT2D eigenvalue weighted by molar-refractivity contribution is 0.339. The number of hydrogen-bond acceptors (Lipinski definition) is 3. The predicted octanol–water partition coefficient (Wildman–Crippen LogP) is 3.33. The molecule has 0 bridgehead atoms. The minimum absolute atomic E-state index is 0.302. The lowest BCUT2D eigenvalue weighted by Gasteiger charge is -2.25. The van der Waals surface area contributed by atoms with Crippen LogP contribution in [0.25, 0.3) is 0 Å². The van der Waals surface area contributed by atoms with E-state index in [0.717, 1.165) is 24.0 Å². The van der Waals surface area contributed by atoms with Crippen molar-refractivity contribution in [3.63, 3.8) is 0 Å². The number of aryl methyl sites for hydroxylation is 1. The summed E-state index contributed by atoms with van der Waals surface area (Å²) in [6.07, 6.45) is 1.97. The van der Waals surface area contributed by atoms with Gasteiger partial charge in [0.15, 0.2) is 0 Å². The van der Waals surface area contributed by atoms with Crippen LogP contribution in [0.3, 0.4) is 0 Å². The monoisotopic (exact) mass is 312 g/mol. The molecule has 0 saturated heterocycles. The molecule has 0 unspecified atom stereocenters. The third kappa shape index (κ3) is 3.98. The van der Waals surface area contributed by atoms with E-state index in [1.165, 1.54) is 0 Å². The molecule has 1 aromatic carbocycles. The van der Waals surface area contributed by atoms with Crippen molar-refractivity contribution >= 4 is 15.7 Å². The average Bonchev–Trinajstić information content (AvgIpc) is 2.45. The van der Waals surface area contributed by atoms with Gasteiger partial charge >= 0.3 is 0 Å². The predicted molar refractivity (Wildman–Crippen MR) is 88.8 cm³/mol. The first-order valence-electron chi connectivity index (χ1n) is 7.64. The van der Waals surface area contributed by atoms with E-state index in [1.807, 2.05) is 20.8 Å². The van der Waals surface area contributed by atoms with Gasteiger partial charge in [0.2, 0.25) is 10.0 Å². The lowest BCUT2D eigenvalue weighted by Crippen LogP contribution is -2.35. The standard InChI is InChI=1S/C16H28N2O2S/c1-6-14(7-2)11-18(8-3)21(19,20)15-9-12(4)13(5)16(17)10-15/h9-10,14H,6-8,11,17H2,1-5H3. The van der Waals surface area contributed by atoms with Gasteiger partial charge in [0, 0.05) is 18.8 Å². The first-order valence-corrected chi connectivity index (χ1v) is 9.08. The summed E-state index contributed by atoms with van der Waals surface area (Å²) in [4.78, 5) is 0.302. The van der Waals surface area contributed by atoms with Crippen molar-refractivity contribution in [2.45, 2.75) is 52.4 Å². The number of nitrogens with two attached hydrogens (primary N) is 1. The zero-order chi connectivity index (χ0) is 16.2. The Morgan fingerprint density at radius 1 is 1.14 bits per heavy atom. The van der Waals surface area contributed by atoms with Crippen molar-refractivity contribution in [1.29, 1.82) is 0 Å². The summed E-state index contributed by atoms with van der Waals surface area (Å²) in [6, 6.07) is 3.30. The Hall–Kier alpha value is -1.07. The highest BCUT2D eigenvalue weighted by Gasteiger charge is 2.25. The van der Waals surface area contributed by atoms with E-state index in [4.69, 9.17) is 5.73 Å². The molecule has 2 N–H and O–H groups in total. The average molecular weight is 312 g/mol. The van der Waals surface area contributed by atoms with Crippen molar-refractivity contribution < 1.29 is 8.42 Å². The molecule has 0 radical (unpaired) electrons. The van der Waals surface area contributed by atoms with Crippen molar-refractivity contribution in [1.82, 2.24) is 4.31 Å². The van der Waals surface area contributed by atoms with E-state index in [9.17, 15) is 8.42 Å². The molecule has 21 heavy (non-hydrogen) atoms. The Labute approximate surface area is 129 Å². The second-order valence-electron chi connectivity index (χ2n) is 5.59. The molecular weight excluding hydrogens is 284 g/mol. The third-order valence-corrected chi connectivity index (χ3v) is 6.21. The van der Waals surface area contributed by atoms with E-state index >= 15 is 0 Å². The Kier molecular flexibility index (Phi) is 6.23. The number of nitrogens with zero attached hydrogens (tertiary/aromatic N) is 1. The minimum atomic E-state index is -3.47. The van der Waals surface area contributed by atoms with Gasteiger partial charge in [-0.25, -0.2) is 8.42 Å². The largest absolute Gasteiger partial charge is 0.398 e. The van der Waals surface area contributed by atoms with E-state index in [0.29, 0.717) is 29.6 Å². The molecule has 0 heterocycles. The maximum atomic E-state index is 12.8. The van der Waals surface area contributed by atoms with Crippen LogP contribution >= 0.6 is 0 Å². The number of anilines is 1. The van der Waals surface area contributed by atoms with Crippen molar-refractivity contribution in [3.8, 4) is 0 Å². The SMILES string of the molecule is CCC(CC)CN(CC)S(=O)(=O)c1cc(C)c(C)c(N)c1. The van der Waals surface area contributed by atoms with Crippen LogP contribution in [0, 0.1) is 19.8 Å². The van der Waals surface area contributed by atoms with Gasteiger partial charge < -0.3 is 5.73 Å². The second-order valence-corrected chi connectivity index (χ2v) is 7.53. The molecule has 0 saturated carbocycles. The first-order chi connectivity index (χ1) is 9.77. The zero-order valence-corrected chi connectivity index (χ0v) is 14.6. The van der Waals surface area contributed by atoms with E-state index in [1.54, 1.807) is 16.4 Å². The van der Waals surface area contributed by atoms with E-state index in [-0.39, 0.29) is 0 Å². The first kappa shape index (κ1) is 18.0. The molecule has 0 fully saturated rings. The molecule has 1 rings (SSSR count). The normalized spacial score (nSPS) is 12.3. The van der Waals surface area contributed by atoms with Gasteiger partial charge in [0.05, 0.1) is 4.90 Å². The van der Waals surface area contributed by atoms with Gasteiger partial charge in [0.1, 0.15) is 0 Å². The van der Waals surface area contributed by atoms with Crippen LogP contribution in [0.1, 0.15) is 44.7 Å². The number of nitrogen functional groups attached to an aromatic ring is 1. The van der Waals surface area contributed by atoms with Crippen LogP contribution in [0.15, 0.2) is 17.0 Å². The summed E-state index contributed by atoms with van der Waals surface area (Å²) in [7, 11) is -3.47. The summed E-state index contributed by atoms with van der Waals surface area (Å²) < 4.78 is 27.2. The van der Waals surface area contributed by atoms with Crippen molar-refractivity contribution in [2.24, 2.45) is 5.92 Å². The van der Waals surface area contributed by atoms with Crippen molar-refractivity contribution in [3.05, 3.63) is 23.3 Å². The minimum Gasteiger partial charge on any atom is -0.398 e. The van der Waals surface area contributed by atoms with Gasteiger partial charge in [-0.3, -0.25) is 0 Å². The van der Waals surface area contributed by atoms with Crippen molar-refractivity contribution in [2.75, 3.05) is 18.8 Å². The van der Waals surface area contributed by atoms with Gasteiger partial charge in [-0.15, -0.1) is 0 Å². The lowest BCUT2D eigenvalue weighted by atomic mass is 10.0. The molecule has 0 spiro atoms. The topological polar surface area (TPSA) is 63.4 Å². The zero-order valence-electron chi connectivity index (χ0n) is 13.8. The van der Waals surface area contributed by atoms with Crippen LogP contribution in [0.5, 0.6) is 0 Å². The maximum Gasteiger partial charge on any atom is 0.243 e. The van der Waals surface area contributed by atoms with Crippen LogP contribution in [-0.4, -0.2) is 25.8 Å². The number of benzene rings is 1. The van der Waals surface area contributed by atoms with Crippen LogP contribution in [0.2, 0.25) is 0 Å². The fourth-order valence-electron chi connectivity index (χ4n) is 2.38. The summed E-state index contributed by atoms with van der Waals surface area (Å²) in [6.45, 7) is 10.9. The summed E-state index contributed by atoms with van der Waals surface area (Å²) >= 11 is 0. The van der Waals surface area contributed by atoms with Gasteiger partial charge in [-0.2, -0.15) is 4.31 Å². The molecule has 0 aromatic heterocycles. The highest BCUT2D eigenvalue weighted by atomic mass is 32.2. The smallest absolute Gasteiger partial charge is 0.243 e. The highest BCUT2D eigenvalue weighted by molar-refractivity contribution is 7.89. The molecule has 0 aliphatic rings. The Balaban J connectivity index is 3.19. The molecule has 0 aliphatic carbocycles. The molecule has 5 heteroatoms. The molecular formula is C16H28N2O2S. The molecule has 0 amide bonds. The number of sulfonamides is 1. The van der Waals surface area contributed by atoms with Gasteiger partial charge in [-0.05, 0) is 43.0 Å². The number of rotatable bonds is 7. The Morgan fingerprint density at radius 2 is 1.71 bits per heavy atom.